The number of carbonyl (C=O) groups is 2. The number of nitrogens with zero attached hydrogens (tertiary/aromatic N) is 3. The summed E-state index contributed by atoms with van der Waals surface area (Å²) in [6, 6.07) is 9.51. The quantitative estimate of drug-likeness (QED) is 0.139. The number of rotatable bonds is 9. The van der Waals surface area contributed by atoms with Crippen molar-refractivity contribution in [3.8, 4) is 0 Å². The maximum atomic E-state index is 14.9. The van der Waals surface area contributed by atoms with E-state index >= 15 is 0 Å². The van der Waals surface area contributed by atoms with Crippen LogP contribution in [0.25, 0.3) is 10.9 Å². The van der Waals surface area contributed by atoms with E-state index in [-0.39, 0.29) is 38.0 Å². The summed E-state index contributed by atoms with van der Waals surface area (Å²) in [7, 11) is 5.33. The predicted octanol–water partition coefficient (Wildman–Crippen LogP) is 6.53. The van der Waals surface area contributed by atoms with Crippen LogP contribution in [-0.4, -0.2) is 155 Å². The standard InChI is InChI=1S/C52H79N3O14/c1-15-40-52(11,59)46-30(4)42(54-60)28(2)24-51(10,63-21-20-36(27-62-46)37-23-35-18-16-17-19-38(35)53-26-37)45(69-49-43(57)39(55(12)13)22-29(3)64-49)31(5)44(32(6)48(58)67-40)68-41-25-50(9,61-14)47(33(7)65-41)66-34(8)56/h16-21,23,26,28-33,36,39-41,43-47,49,57,59-60H,15,22,24-25,27H2,1-14H3/b21-20-,54-42+/t28-,29-,30+,31+,32-,33+,36?,39+,40-,41+,43-,44+,45-,46-,47+,49+,50-,51+,52-/m1/s1. The normalized spacial score (nSPS) is 42.9. The number of ether oxygens (including phenoxy) is 9. The van der Waals surface area contributed by atoms with Crippen LogP contribution in [0.1, 0.15) is 113 Å². The van der Waals surface area contributed by atoms with Gasteiger partial charge in [0.15, 0.2) is 18.7 Å². The average molecular weight is 970 g/mol. The number of likely N-dealkylation sites (N-methyl/N-ethyl adjacent to an activating group) is 1. The van der Waals surface area contributed by atoms with Crippen LogP contribution in [0.5, 0.6) is 0 Å². The molecule has 0 saturated carbocycles. The molecule has 5 heterocycles. The molecule has 0 aliphatic carbocycles. The minimum atomic E-state index is -1.83. The van der Waals surface area contributed by atoms with Gasteiger partial charge in [-0.15, -0.1) is 0 Å². The number of carbonyl (C=O) groups excluding carboxylic acids is 2. The molecule has 0 radical (unpaired) electrons. The van der Waals surface area contributed by atoms with Crippen LogP contribution < -0.4 is 0 Å². The van der Waals surface area contributed by atoms with Gasteiger partial charge in [0.25, 0.3) is 0 Å². The number of cyclic esters (lactones) is 1. The summed E-state index contributed by atoms with van der Waals surface area (Å²) in [5, 5.41) is 40.7. The number of oxime groups is 1. The van der Waals surface area contributed by atoms with Gasteiger partial charge in [-0.05, 0) is 98.7 Å². The predicted molar refractivity (Wildman–Crippen MR) is 256 cm³/mol. The van der Waals surface area contributed by atoms with Gasteiger partial charge in [-0.2, -0.15) is 0 Å². The first-order valence-electron chi connectivity index (χ1n) is 24.6. The molecular weight excluding hydrogens is 891 g/mol. The number of aliphatic hydroxyl groups is 2. The van der Waals surface area contributed by atoms with Crippen molar-refractivity contribution in [1.82, 2.24) is 9.88 Å². The number of fused-ring (bicyclic) bond motifs is 6. The molecule has 17 heteroatoms. The Kier molecular flexibility index (Phi) is 17.7. The lowest BCUT2D eigenvalue weighted by atomic mass is 9.73. The molecule has 386 valence electrons. The lowest BCUT2D eigenvalue weighted by Crippen LogP contribution is -2.62. The molecule has 1 unspecified atom stereocenters. The maximum absolute atomic E-state index is 14.9. The number of para-hydroxylation sites is 1. The lowest BCUT2D eigenvalue weighted by Gasteiger charge is -2.50. The van der Waals surface area contributed by atoms with Gasteiger partial charge in [-0.1, -0.05) is 51.0 Å². The first-order chi connectivity index (χ1) is 32.5. The Bertz CT molecular complexity index is 2120. The number of hydrogen-bond donors (Lipinski definition) is 3. The molecule has 0 amide bonds. The molecule has 0 spiro atoms. The average Bonchev–Trinajstić information content (AvgIpc) is 3.29. The highest BCUT2D eigenvalue weighted by atomic mass is 16.7. The van der Waals surface area contributed by atoms with Gasteiger partial charge >= 0.3 is 11.9 Å². The SMILES string of the molecule is CC[C@H]1OC(=O)[C@H](C)[C@@H](O[C@H]2C[C@@](C)(OC)[C@@H](OC(C)=O)[C@H](C)O2)[C@H](C)[C@@H](O[C@@H]2O[C@H](C)C[C@H](N(C)C)[C@H]2O)[C@]2(C)C[C@@H](C)/C(=N\O)[C@H](C)[C@@H](OCC(c3cnc4ccccc4c3)/C=C\O2)[C@]1(C)O. The van der Waals surface area contributed by atoms with Crippen molar-refractivity contribution >= 4 is 28.6 Å². The fraction of sp³-hybridized carbons (Fsp3) is 0.731. The van der Waals surface area contributed by atoms with E-state index < -0.39 is 114 Å². The summed E-state index contributed by atoms with van der Waals surface area (Å²) in [5.74, 6) is -4.75. The van der Waals surface area contributed by atoms with E-state index in [4.69, 9.17) is 47.6 Å². The van der Waals surface area contributed by atoms with Crippen molar-refractivity contribution in [2.24, 2.45) is 28.8 Å². The van der Waals surface area contributed by atoms with E-state index in [1.807, 2.05) is 104 Å². The van der Waals surface area contributed by atoms with E-state index in [1.165, 1.54) is 14.0 Å². The lowest BCUT2D eigenvalue weighted by molar-refractivity contribution is -0.318. The van der Waals surface area contributed by atoms with Crippen molar-refractivity contribution in [3.05, 3.63) is 54.4 Å². The Morgan fingerprint density at radius 3 is 2.36 bits per heavy atom. The second-order valence-electron chi connectivity index (χ2n) is 21.0. The second-order valence-corrected chi connectivity index (χ2v) is 21.0. The number of aliphatic hydroxyl groups excluding tert-OH is 1. The highest BCUT2D eigenvalue weighted by molar-refractivity contribution is 5.88. The minimum absolute atomic E-state index is 0.0340. The third-order valence-corrected chi connectivity index (χ3v) is 15.3. The molecule has 17 nitrogen and oxygen atoms in total. The molecule has 1 aromatic carbocycles. The topological polar surface area (TPSA) is 206 Å². The maximum Gasteiger partial charge on any atom is 0.311 e. The molecule has 1 aromatic heterocycles. The van der Waals surface area contributed by atoms with Crippen molar-refractivity contribution in [1.29, 1.82) is 0 Å². The number of pyridine rings is 1. The Hall–Kier alpha value is -3.78. The number of methoxy groups -OCH3 is 1. The Labute approximate surface area is 408 Å². The molecule has 3 saturated heterocycles. The van der Waals surface area contributed by atoms with Gasteiger partial charge in [0, 0.05) is 61.8 Å². The van der Waals surface area contributed by atoms with Gasteiger partial charge in [0.1, 0.15) is 35.1 Å². The zero-order valence-corrected chi connectivity index (χ0v) is 43.1. The molecule has 2 bridgehead atoms. The number of benzene rings is 1. The highest BCUT2D eigenvalue weighted by Gasteiger charge is 2.55. The van der Waals surface area contributed by atoms with E-state index in [2.05, 4.69) is 5.16 Å². The summed E-state index contributed by atoms with van der Waals surface area (Å²) < 4.78 is 59.2. The summed E-state index contributed by atoms with van der Waals surface area (Å²) in [6.07, 6.45) is -3.01. The minimum Gasteiger partial charge on any atom is -0.493 e. The van der Waals surface area contributed by atoms with E-state index in [0.29, 0.717) is 12.1 Å². The Balaban J connectivity index is 1.57. The van der Waals surface area contributed by atoms with Gasteiger partial charge in [-0.25, -0.2) is 0 Å². The van der Waals surface area contributed by atoms with Crippen LogP contribution in [0.3, 0.4) is 0 Å². The molecule has 19 atom stereocenters. The molecule has 3 fully saturated rings. The number of aromatic nitrogens is 1. The van der Waals surface area contributed by atoms with Gasteiger partial charge < -0.3 is 63.0 Å². The molecule has 69 heavy (non-hydrogen) atoms. The molecule has 2 aromatic rings. The second kappa shape index (κ2) is 22.3. The van der Waals surface area contributed by atoms with Crippen LogP contribution in [0.4, 0.5) is 0 Å². The fourth-order valence-corrected chi connectivity index (χ4v) is 11.4. The fourth-order valence-electron chi connectivity index (χ4n) is 11.4. The Morgan fingerprint density at radius 2 is 1.71 bits per heavy atom. The van der Waals surface area contributed by atoms with Crippen LogP contribution in [0.15, 0.2) is 54.0 Å². The molecule has 4 aliphatic rings. The van der Waals surface area contributed by atoms with E-state index in [0.717, 1.165) is 16.5 Å². The summed E-state index contributed by atoms with van der Waals surface area (Å²) in [5.41, 5.74) is -2.31. The summed E-state index contributed by atoms with van der Waals surface area (Å²) in [6.45, 7) is 19.5. The molecule has 4 aliphatic heterocycles. The van der Waals surface area contributed by atoms with Crippen LogP contribution in [0, 0.1) is 23.7 Å². The largest absolute Gasteiger partial charge is 0.493 e. The highest BCUT2D eigenvalue weighted by Crippen LogP contribution is 2.44. The molecule has 6 rings (SSSR count). The third kappa shape index (κ3) is 11.8. The number of hydrogen-bond acceptors (Lipinski definition) is 17. The summed E-state index contributed by atoms with van der Waals surface area (Å²) >= 11 is 0. The zero-order valence-electron chi connectivity index (χ0n) is 43.1. The Morgan fingerprint density at radius 1 is 1.00 bits per heavy atom. The number of esters is 2. The smallest absolute Gasteiger partial charge is 0.311 e. The van der Waals surface area contributed by atoms with Crippen molar-refractivity contribution in [3.63, 3.8) is 0 Å². The first kappa shape index (κ1) is 54.6. The van der Waals surface area contributed by atoms with E-state index in [9.17, 15) is 25.0 Å². The van der Waals surface area contributed by atoms with Gasteiger partial charge in [-0.3, -0.25) is 14.6 Å². The summed E-state index contributed by atoms with van der Waals surface area (Å²) in [4.78, 5) is 33.9. The monoisotopic (exact) mass is 970 g/mol. The van der Waals surface area contributed by atoms with Crippen LogP contribution >= 0.6 is 0 Å². The van der Waals surface area contributed by atoms with Crippen LogP contribution in [-0.2, 0) is 52.2 Å². The third-order valence-electron chi connectivity index (χ3n) is 15.3. The van der Waals surface area contributed by atoms with E-state index in [1.54, 1.807) is 33.2 Å². The molecule has 3 N–H and O–H groups in total. The van der Waals surface area contributed by atoms with Crippen molar-refractivity contribution < 1.29 is 67.6 Å². The zero-order chi connectivity index (χ0) is 50.7. The van der Waals surface area contributed by atoms with Crippen LogP contribution in [0.2, 0.25) is 0 Å². The first-order valence-corrected chi connectivity index (χ1v) is 24.6. The van der Waals surface area contributed by atoms with Gasteiger partial charge in [0.2, 0.25) is 0 Å². The molecular formula is C52H79N3O14. The van der Waals surface area contributed by atoms with Gasteiger partial charge in [0.05, 0.1) is 54.4 Å². The van der Waals surface area contributed by atoms with Crippen molar-refractivity contribution in [2.45, 2.75) is 192 Å². The van der Waals surface area contributed by atoms with Crippen molar-refractivity contribution in [2.75, 3.05) is 27.8 Å².